The van der Waals surface area contributed by atoms with E-state index < -0.39 is 5.97 Å². The van der Waals surface area contributed by atoms with E-state index in [0.29, 0.717) is 6.42 Å². The zero-order valence-electron chi connectivity index (χ0n) is 10.6. The van der Waals surface area contributed by atoms with Crippen LogP contribution in [0.4, 0.5) is 0 Å². The summed E-state index contributed by atoms with van der Waals surface area (Å²) in [6.45, 7) is 1.76. The second kappa shape index (κ2) is 7.48. The Bertz CT molecular complexity index is 398. The normalized spacial score (nSPS) is 10.1. The van der Waals surface area contributed by atoms with Crippen LogP contribution < -0.4 is 5.32 Å². The second-order valence-electron chi connectivity index (χ2n) is 4.36. The van der Waals surface area contributed by atoms with Crippen LogP contribution in [0.15, 0.2) is 24.3 Å². The maximum Gasteiger partial charge on any atom is 0.322 e. The van der Waals surface area contributed by atoms with Crippen molar-refractivity contribution in [1.82, 2.24) is 5.32 Å². The highest BCUT2D eigenvalue weighted by molar-refractivity contribution is 5.80. The van der Waals surface area contributed by atoms with E-state index in [2.05, 4.69) is 36.5 Å². The Hall–Kier alpha value is -1.84. The van der Waals surface area contributed by atoms with E-state index in [1.807, 2.05) is 0 Å². The number of carbonyl (C=O) groups excluding carboxylic acids is 1. The number of carbonyl (C=O) groups is 2. The van der Waals surface area contributed by atoms with E-state index in [4.69, 9.17) is 5.11 Å². The molecule has 0 unspecified atom stereocenters. The van der Waals surface area contributed by atoms with Crippen LogP contribution >= 0.6 is 0 Å². The van der Waals surface area contributed by atoms with Crippen LogP contribution in [0.2, 0.25) is 0 Å². The van der Waals surface area contributed by atoms with Gasteiger partial charge in [0.1, 0.15) is 6.54 Å². The summed E-state index contributed by atoms with van der Waals surface area (Å²) >= 11 is 0. The van der Waals surface area contributed by atoms with Gasteiger partial charge < -0.3 is 10.4 Å². The first-order valence-corrected chi connectivity index (χ1v) is 6.12. The standard InChI is InChI=1S/C14H19NO3/c1-11-6-8-12(9-7-11)4-2-3-5-13(16)15-10-14(17)18/h6-9H,2-5,10H2,1H3,(H,15,16)(H,17,18). The lowest BCUT2D eigenvalue weighted by atomic mass is 10.1. The molecule has 4 heteroatoms. The molecule has 0 spiro atoms. The smallest absolute Gasteiger partial charge is 0.322 e. The molecule has 1 aromatic carbocycles. The first kappa shape index (κ1) is 14.2. The van der Waals surface area contributed by atoms with Crippen LogP contribution in [0.3, 0.4) is 0 Å². The molecule has 4 nitrogen and oxygen atoms in total. The maximum absolute atomic E-state index is 11.2. The Kier molecular flexibility index (Phi) is 5.91. The molecule has 0 fully saturated rings. The summed E-state index contributed by atoms with van der Waals surface area (Å²) in [6.07, 6.45) is 3.05. The molecule has 0 saturated carbocycles. The molecule has 0 aliphatic rings. The lowest BCUT2D eigenvalue weighted by Gasteiger charge is -2.03. The van der Waals surface area contributed by atoms with Crippen molar-refractivity contribution in [1.29, 1.82) is 0 Å². The van der Waals surface area contributed by atoms with Crippen molar-refractivity contribution >= 4 is 11.9 Å². The van der Waals surface area contributed by atoms with Gasteiger partial charge in [-0.15, -0.1) is 0 Å². The zero-order chi connectivity index (χ0) is 13.4. The predicted molar refractivity (Wildman–Crippen MR) is 69.4 cm³/mol. The largest absolute Gasteiger partial charge is 0.480 e. The van der Waals surface area contributed by atoms with Crippen LogP contribution in [-0.2, 0) is 16.0 Å². The number of nitrogens with one attached hydrogen (secondary N) is 1. The first-order valence-electron chi connectivity index (χ1n) is 6.12. The van der Waals surface area contributed by atoms with E-state index in [1.54, 1.807) is 0 Å². The van der Waals surface area contributed by atoms with Crippen LogP contribution in [0.25, 0.3) is 0 Å². The SMILES string of the molecule is Cc1ccc(CCCCC(=O)NCC(=O)O)cc1. The van der Waals surface area contributed by atoms with Gasteiger partial charge in [0.2, 0.25) is 5.91 Å². The Morgan fingerprint density at radius 2 is 1.83 bits per heavy atom. The molecule has 2 N–H and O–H groups in total. The summed E-state index contributed by atoms with van der Waals surface area (Å²) in [5, 5.41) is 10.7. The van der Waals surface area contributed by atoms with Crippen molar-refractivity contribution < 1.29 is 14.7 Å². The number of carboxylic acids is 1. The summed E-state index contributed by atoms with van der Waals surface area (Å²) < 4.78 is 0. The maximum atomic E-state index is 11.2. The van der Waals surface area contributed by atoms with Gasteiger partial charge in [-0.2, -0.15) is 0 Å². The zero-order valence-corrected chi connectivity index (χ0v) is 10.6. The van der Waals surface area contributed by atoms with Crippen molar-refractivity contribution in [2.45, 2.75) is 32.6 Å². The molecule has 98 valence electrons. The highest BCUT2D eigenvalue weighted by Crippen LogP contribution is 2.08. The average Bonchev–Trinajstić information content (AvgIpc) is 2.34. The van der Waals surface area contributed by atoms with Crippen LogP contribution in [0.1, 0.15) is 30.4 Å². The molecular weight excluding hydrogens is 230 g/mol. The molecule has 0 aliphatic heterocycles. The van der Waals surface area contributed by atoms with Gasteiger partial charge in [0, 0.05) is 6.42 Å². The third kappa shape index (κ3) is 6.03. The Morgan fingerprint density at radius 3 is 2.44 bits per heavy atom. The minimum Gasteiger partial charge on any atom is -0.480 e. The number of aliphatic carboxylic acids is 1. The monoisotopic (exact) mass is 249 g/mol. The van der Waals surface area contributed by atoms with Crippen LogP contribution in [0, 0.1) is 6.92 Å². The summed E-state index contributed by atoms with van der Waals surface area (Å²) in [7, 11) is 0. The van der Waals surface area contributed by atoms with Gasteiger partial charge in [0.15, 0.2) is 0 Å². The summed E-state index contributed by atoms with van der Waals surface area (Å²) in [6, 6.07) is 8.35. The minimum atomic E-state index is -1.01. The quantitative estimate of drug-likeness (QED) is 0.725. The summed E-state index contributed by atoms with van der Waals surface area (Å²) in [5.41, 5.74) is 2.51. The molecule has 0 bridgehead atoms. The van der Waals surface area contributed by atoms with Crippen molar-refractivity contribution in [2.24, 2.45) is 0 Å². The van der Waals surface area contributed by atoms with Gasteiger partial charge in [-0.25, -0.2) is 0 Å². The molecule has 18 heavy (non-hydrogen) atoms. The Balaban J connectivity index is 2.13. The molecule has 1 amide bonds. The molecule has 0 aliphatic carbocycles. The molecule has 0 saturated heterocycles. The van der Waals surface area contributed by atoms with Gasteiger partial charge >= 0.3 is 5.97 Å². The second-order valence-corrected chi connectivity index (χ2v) is 4.36. The Labute approximate surface area is 107 Å². The molecule has 0 aromatic heterocycles. The Morgan fingerprint density at radius 1 is 1.17 bits per heavy atom. The van der Waals surface area contributed by atoms with Crippen LogP contribution in [-0.4, -0.2) is 23.5 Å². The van der Waals surface area contributed by atoms with E-state index in [0.717, 1.165) is 19.3 Å². The van der Waals surface area contributed by atoms with Gasteiger partial charge in [0.25, 0.3) is 0 Å². The average molecular weight is 249 g/mol. The van der Waals surface area contributed by atoms with Crippen molar-refractivity contribution in [3.63, 3.8) is 0 Å². The van der Waals surface area contributed by atoms with Gasteiger partial charge in [-0.3, -0.25) is 9.59 Å². The van der Waals surface area contributed by atoms with E-state index in [9.17, 15) is 9.59 Å². The molecule has 1 aromatic rings. The molecule has 0 heterocycles. The summed E-state index contributed by atoms with van der Waals surface area (Å²) in [5.74, 6) is -1.20. The fourth-order valence-corrected chi connectivity index (χ4v) is 1.63. The van der Waals surface area contributed by atoms with E-state index >= 15 is 0 Å². The lowest BCUT2D eigenvalue weighted by Crippen LogP contribution is -2.28. The lowest BCUT2D eigenvalue weighted by molar-refractivity contribution is -0.137. The third-order valence-electron chi connectivity index (χ3n) is 2.68. The number of benzene rings is 1. The van der Waals surface area contributed by atoms with Crippen molar-refractivity contribution in [2.75, 3.05) is 6.54 Å². The topological polar surface area (TPSA) is 66.4 Å². The van der Waals surface area contributed by atoms with Gasteiger partial charge in [0.05, 0.1) is 0 Å². The fraction of sp³-hybridized carbons (Fsp3) is 0.429. The summed E-state index contributed by atoms with van der Waals surface area (Å²) in [4.78, 5) is 21.5. The van der Waals surface area contributed by atoms with E-state index in [1.165, 1.54) is 11.1 Å². The number of hydrogen-bond donors (Lipinski definition) is 2. The number of aryl methyl sites for hydroxylation is 2. The number of amides is 1. The van der Waals surface area contributed by atoms with Crippen molar-refractivity contribution in [3.8, 4) is 0 Å². The fourth-order valence-electron chi connectivity index (χ4n) is 1.63. The number of unbranched alkanes of at least 4 members (excludes halogenated alkanes) is 1. The molecular formula is C14H19NO3. The number of hydrogen-bond acceptors (Lipinski definition) is 2. The van der Waals surface area contributed by atoms with E-state index in [-0.39, 0.29) is 12.5 Å². The number of rotatable bonds is 7. The highest BCUT2D eigenvalue weighted by Gasteiger charge is 2.03. The predicted octanol–water partition coefficient (Wildman–Crippen LogP) is 1.91. The first-order chi connectivity index (χ1) is 8.58. The molecule has 0 atom stereocenters. The third-order valence-corrected chi connectivity index (χ3v) is 2.68. The van der Waals surface area contributed by atoms with Gasteiger partial charge in [-0.05, 0) is 31.7 Å². The van der Waals surface area contributed by atoms with Crippen molar-refractivity contribution in [3.05, 3.63) is 35.4 Å². The highest BCUT2D eigenvalue weighted by atomic mass is 16.4. The molecule has 0 radical (unpaired) electrons. The van der Waals surface area contributed by atoms with Crippen LogP contribution in [0.5, 0.6) is 0 Å². The van der Waals surface area contributed by atoms with Gasteiger partial charge in [-0.1, -0.05) is 29.8 Å². The minimum absolute atomic E-state index is 0.193. The number of carboxylic acid groups (broad SMARTS) is 1. The molecule has 1 rings (SSSR count).